The van der Waals surface area contributed by atoms with E-state index in [1.165, 1.54) is 5.56 Å². The molecule has 0 aliphatic rings. The predicted octanol–water partition coefficient (Wildman–Crippen LogP) is 2.88. The average Bonchev–Trinajstić information content (AvgIpc) is 2.78. The van der Waals surface area contributed by atoms with Gasteiger partial charge in [-0.05, 0) is 24.6 Å². The van der Waals surface area contributed by atoms with E-state index in [9.17, 15) is 0 Å². The number of nitrogens with two attached hydrogens (primary N) is 1. The molecule has 2 heterocycles. The number of nitrogens with zero attached hydrogens (tertiary/aromatic N) is 3. The fraction of sp³-hybridized carbons (Fsp3) is 0.125. The number of hydrogen-bond donors (Lipinski definition) is 1. The third-order valence-corrected chi connectivity index (χ3v) is 3.35. The number of pyridine rings is 1. The highest BCUT2D eigenvalue weighted by molar-refractivity contribution is 5.67. The molecule has 0 spiro atoms. The van der Waals surface area contributed by atoms with Gasteiger partial charge in [-0.3, -0.25) is 4.98 Å². The van der Waals surface area contributed by atoms with E-state index in [0.29, 0.717) is 12.4 Å². The largest absolute Gasteiger partial charge is 0.384 e. The van der Waals surface area contributed by atoms with E-state index in [0.717, 1.165) is 16.8 Å². The zero-order valence-electron chi connectivity index (χ0n) is 11.3. The molecule has 0 fully saturated rings. The maximum atomic E-state index is 6.17. The van der Waals surface area contributed by atoms with Gasteiger partial charge < -0.3 is 5.73 Å². The van der Waals surface area contributed by atoms with Crippen LogP contribution in [0.2, 0.25) is 0 Å². The maximum absolute atomic E-state index is 6.17. The van der Waals surface area contributed by atoms with Crippen molar-refractivity contribution < 1.29 is 0 Å². The van der Waals surface area contributed by atoms with Gasteiger partial charge in [0.05, 0.1) is 12.2 Å². The summed E-state index contributed by atoms with van der Waals surface area (Å²) in [6.45, 7) is 2.67. The Labute approximate surface area is 117 Å². The van der Waals surface area contributed by atoms with Crippen LogP contribution in [0.25, 0.3) is 11.3 Å². The van der Waals surface area contributed by atoms with E-state index in [2.05, 4.69) is 22.2 Å². The van der Waals surface area contributed by atoms with Crippen molar-refractivity contribution in [1.82, 2.24) is 14.8 Å². The first-order chi connectivity index (χ1) is 9.75. The Kier molecular flexibility index (Phi) is 3.21. The molecule has 2 aromatic heterocycles. The van der Waals surface area contributed by atoms with E-state index >= 15 is 0 Å². The van der Waals surface area contributed by atoms with Crippen LogP contribution in [0.3, 0.4) is 0 Å². The molecule has 4 nitrogen and oxygen atoms in total. The van der Waals surface area contributed by atoms with Gasteiger partial charge in [-0.15, -0.1) is 0 Å². The molecule has 0 aliphatic heterocycles. The SMILES string of the molecule is Cc1c(-c2cccnc2)nn(Cc2ccccc2)c1N. The van der Waals surface area contributed by atoms with Crippen LogP contribution in [-0.4, -0.2) is 14.8 Å². The summed E-state index contributed by atoms with van der Waals surface area (Å²) in [5.41, 5.74) is 10.2. The van der Waals surface area contributed by atoms with Gasteiger partial charge >= 0.3 is 0 Å². The lowest BCUT2D eigenvalue weighted by Gasteiger charge is -2.04. The van der Waals surface area contributed by atoms with Crippen molar-refractivity contribution in [2.45, 2.75) is 13.5 Å². The van der Waals surface area contributed by atoms with Crippen molar-refractivity contribution in [2.24, 2.45) is 0 Å². The van der Waals surface area contributed by atoms with E-state index in [1.54, 1.807) is 6.20 Å². The molecule has 3 rings (SSSR count). The molecule has 3 aromatic rings. The minimum atomic E-state index is 0.674. The second-order valence-electron chi connectivity index (χ2n) is 4.74. The van der Waals surface area contributed by atoms with Gasteiger partial charge in [-0.25, -0.2) is 4.68 Å². The standard InChI is InChI=1S/C16H16N4/c1-12-15(14-8-5-9-18-10-14)19-20(16(12)17)11-13-6-3-2-4-7-13/h2-10H,11,17H2,1H3. The summed E-state index contributed by atoms with van der Waals surface area (Å²) in [4.78, 5) is 4.14. The van der Waals surface area contributed by atoms with Gasteiger partial charge in [0.2, 0.25) is 0 Å². The summed E-state index contributed by atoms with van der Waals surface area (Å²) in [5, 5.41) is 4.63. The predicted molar refractivity (Wildman–Crippen MR) is 80.2 cm³/mol. The first-order valence-electron chi connectivity index (χ1n) is 6.53. The van der Waals surface area contributed by atoms with E-state index in [4.69, 9.17) is 5.73 Å². The van der Waals surface area contributed by atoms with E-state index < -0.39 is 0 Å². The lowest BCUT2D eigenvalue weighted by atomic mass is 10.1. The highest BCUT2D eigenvalue weighted by Crippen LogP contribution is 2.26. The fourth-order valence-corrected chi connectivity index (χ4v) is 2.22. The van der Waals surface area contributed by atoms with Crippen molar-refractivity contribution in [3.8, 4) is 11.3 Å². The second kappa shape index (κ2) is 5.17. The summed E-state index contributed by atoms with van der Waals surface area (Å²) in [6.07, 6.45) is 3.56. The van der Waals surface area contributed by atoms with Crippen LogP contribution >= 0.6 is 0 Å². The molecule has 0 atom stereocenters. The summed E-state index contributed by atoms with van der Waals surface area (Å²) >= 11 is 0. The molecule has 1 aromatic carbocycles. The minimum absolute atomic E-state index is 0.674. The summed E-state index contributed by atoms with van der Waals surface area (Å²) in [7, 11) is 0. The molecule has 0 unspecified atom stereocenters. The third kappa shape index (κ3) is 2.28. The summed E-state index contributed by atoms with van der Waals surface area (Å²) < 4.78 is 1.84. The van der Waals surface area contributed by atoms with Crippen LogP contribution in [-0.2, 0) is 6.54 Å². The zero-order chi connectivity index (χ0) is 13.9. The molecule has 0 aliphatic carbocycles. The van der Waals surface area contributed by atoms with Crippen LogP contribution in [0.5, 0.6) is 0 Å². The smallest absolute Gasteiger partial charge is 0.125 e. The molecule has 4 heteroatoms. The van der Waals surface area contributed by atoms with E-state index in [1.807, 2.05) is 48.1 Å². The Balaban J connectivity index is 1.98. The number of benzene rings is 1. The first-order valence-corrected chi connectivity index (χ1v) is 6.53. The highest BCUT2D eigenvalue weighted by atomic mass is 15.3. The number of anilines is 1. The molecule has 0 radical (unpaired) electrons. The van der Waals surface area contributed by atoms with Gasteiger partial charge in [0.25, 0.3) is 0 Å². The molecule has 100 valence electrons. The molecular weight excluding hydrogens is 248 g/mol. The Bertz CT molecular complexity index is 702. The number of aromatic nitrogens is 3. The molecule has 0 amide bonds. The van der Waals surface area contributed by atoms with Gasteiger partial charge in [0.15, 0.2) is 0 Å². The maximum Gasteiger partial charge on any atom is 0.125 e. The Morgan fingerprint density at radius 3 is 2.60 bits per heavy atom. The van der Waals surface area contributed by atoms with Crippen molar-refractivity contribution in [3.05, 3.63) is 66.0 Å². The third-order valence-electron chi connectivity index (χ3n) is 3.35. The first kappa shape index (κ1) is 12.4. The lowest BCUT2D eigenvalue weighted by molar-refractivity contribution is 0.699. The molecular formula is C16H16N4. The normalized spacial score (nSPS) is 10.7. The van der Waals surface area contributed by atoms with Gasteiger partial charge in [-0.1, -0.05) is 30.3 Å². The topological polar surface area (TPSA) is 56.7 Å². The molecule has 2 N–H and O–H groups in total. The fourth-order valence-electron chi connectivity index (χ4n) is 2.22. The zero-order valence-corrected chi connectivity index (χ0v) is 11.3. The Hall–Kier alpha value is -2.62. The molecule has 0 saturated carbocycles. The van der Waals surface area contributed by atoms with Crippen LogP contribution in [0.15, 0.2) is 54.9 Å². The van der Waals surface area contributed by atoms with Crippen molar-refractivity contribution in [3.63, 3.8) is 0 Å². The highest BCUT2D eigenvalue weighted by Gasteiger charge is 2.13. The monoisotopic (exact) mass is 264 g/mol. The Morgan fingerprint density at radius 1 is 1.10 bits per heavy atom. The van der Waals surface area contributed by atoms with Crippen molar-refractivity contribution in [1.29, 1.82) is 0 Å². The van der Waals surface area contributed by atoms with Crippen LogP contribution in [0.1, 0.15) is 11.1 Å². The second-order valence-corrected chi connectivity index (χ2v) is 4.74. The van der Waals surface area contributed by atoms with E-state index in [-0.39, 0.29) is 0 Å². The van der Waals surface area contributed by atoms with Gasteiger partial charge in [0.1, 0.15) is 5.82 Å². The van der Waals surface area contributed by atoms with Crippen LogP contribution < -0.4 is 5.73 Å². The number of nitrogen functional groups attached to an aromatic ring is 1. The lowest BCUT2D eigenvalue weighted by Crippen LogP contribution is -2.06. The van der Waals surface area contributed by atoms with Crippen molar-refractivity contribution in [2.75, 3.05) is 5.73 Å². The van der Waals surface area contributed by atoms with Gasteiger partial charge in [0, 0.05) is 23.5 Å². The average molecular weight is 264 g/mol. The molecule has 20 heavy (non-hydrogen) atoms. The molecule has 0 bridgehead atoms. The summed E-state index contributed by atoms with van der Waals surface area (Å²) in [6, 6.07) is 14.1. The van der Waals surface area contributed by atoms with Crippen molar-refractivity contribution >= 4 is 5.82 Å². The summed E-state index contributed by atoms with van der Waals surface area (Å²) in [5.74, 6) is 0.702. The van der Waals surface area contributed by atoms with Crippen LogP contribution in [0, 0.1) is 6.92 Å². The quantitative estimate of drug-likeness (QED) is 0.791. The van der Waals surface area contributed by atoms with Crippen LogP contribution in [0.4, 0.5) is 5.82 Å². The van der Waals surface area contributed by atoms with Gasteiger partial charge in [-0.2, -0.15) is 5.10 Å². The molecule has 0 saturated heterocycles. The minimum Gasteiger partial charge on any atom is -0.384 e. The number of rotatable bonds is 3. The number of hydrogen-bond acceptors (Lipinski definition) is 3. The Morgan fingerprint density at radius 2 is 1.90 bits per heavy atom.